The highest BCUT2D eigenvalue weighted by atomic mass is 32.2. The second kappa shape index (κ2) is 13.0. The van der Waals surface area contributed by atoms with Crippen LogP contribution in [0.5, 0.6) is 5.75 Å². The summed E-state index contributed by atoms with van der Waals surface area (Å²) in [5, 5.41) is 11.9. The van der Waals surface area contributed by atoms with Crippen LogP contribution in [0.25, 0.3) is 11.0 Å². The van der Waals surface area contributed by atoms with Crippen LogP contribution in [0, 0.1) is 0 Å². The van der Waals surface area contributed by atoms with Crippen molar-refractivity contribution in [3.8, 4) is 5.75 Å². The lowest BCUT2D eigenvalue weighted by Crippen LogP contribution is -2.38. The minimum absolute atomic E-state index is 0.0721. The molecule has 0 fully saturated rings. The fraction of sp³-hybridized carbons (Fsp3) is 0.333. The average molecular weight is 579 g/mol. The van der Waals surface area contributed by atoms with E-state index in [0.717, 1.165) is 41.9 Å². The Hall–Kier alpha value is -4.09. The first-order chi connectivity index (χ1) is 19.7. The molecule has 11 heteroatoms. The number of hydrogen-bond acceptors (Lipinski definition) is 7. The maximum atomic E-state index is 13.9. The lowest BCUT2D eigenvalue weighted by atomic mass is 10.1. The largest absolute Gasteiger partial charge is 0.497 e. The molecular formula is C30H38N6O4S. The van der Waals surface area contributed by atoms with Gasteiger partial charge in [0.2, 0.25) is 0 Å². The molecule has 1 heterocycles. The number of likely N-dealkylation sites (N-methyl/N-ethyl adjacent to an activating group) is 1. The highest BCUT2D eigenvalue weighted by molar-refractivity contribution is 7.92. The Labute approximate surface area is 241 Å². The molecule has 218 valence electrons. The summed E-state index contributed by atoms with van der Waals surface area (Å²) in [4.78, 5) is 7.28. The van der Waals surface area contributed by atoms with Gasteiger partial charge in [-0.2, -0.15) is 0 Å². The molecule has 3 N–H and O–H groups in total. The van der Waals surface area contributed by atoms with Crippen LogP contribution in [-0.2, 0) is 29.9 Å². The minimum Gasteiger partial charge on any atom is -0.497 e. The highest BCUT2D eigenvalue weighted by Crippen LogP contribution is 2.28. The first-order valence-electron chi connectivity index (χ1n) is 13.6. The number of hydrogen-bond donors (Lipinski definition) is 2. The van der Waals surface area contributed by atoms with Crippen LogP contribution in [0.2, 0.25) is 0 Å². The van der Waals surface area contributed by atoms with E-state index < -0.39 is 10.0 Å². The van der Waals surface area contributed by atoms with Crippen molar-refractivity contribution < 1.29 is 18.4 Å². The number of ether oxygens (including phenoxy) is 1. The van der Waals surface area contributed by atoms with E-state index in [1.807, 2.05) is 54.1 Å². The molecule has 41 heavy (non-hydrogen) atoms. The van der Waals surface area contributed by atoms with Gasteiger partial charge in [-0.3, -0.25) is 4.31 Å². The van der Waals surface area contributed by atoms with E-state index in [9.17, 15) is 8.42 Å². The van der Waals surface area contributed by atoms with Crippen LogP contribution in [-0.4, -0.2) is 67.2 Å². The van der Waals surface area contributed by atoms with E-state index in [0.29, 0.717) is 36.5 Å². The molecule has 0 aliphatic heterocycles. The topological polar surface area (TPSA) is 126 Å². The molecule has 0 saturated carbocycles. The number of aryl methyl sites for hydroxylation is 3. The van der Waals surface area contributed by atoms with Crippen molar-refractivity contribution in [2.24, 2.45) is 17.9 Å². The second-order valence-electron chi connectivity index (χ2n) is 9.72. The van der Waals surface area contributed by atoms with Gasteiger partial charge in [-0.05, 0) is 67.5 Å². The van der Waals surface area contributed by atoms with Gasteiger partial charge in [0.1, 0.15) is 11.6 Å². The van der Waals surface area contributed by atoms with Gasteiger partial charge in [0.05, 0.1) is 28.7 Å². The number of nitrogens with zero attached hydrogens (tertiary/aromatic N) is 5. The number of rotatable bonds is 13. The summed E-state index contributed by atoms with van der Waals surface area (Å²) < 4.78 is 36.5. The third kappa shape index (κ3) is 6.63. The van der Waals surface area contributed by atoms with Gasteiger partial charge in [0.25, 0.3) is 10.0 Å². The molecule has 10 nitrogen and oxygen atoms in total. The number of nitrogens with two attached hydrogens (primary N) is 1. The van der Waals surface area contributed by atoms with Gasteiger partial charge in [0.15, 0.2) is 5.84 Å². The van der Waals surface area contributed by atoms with Crippen molar-refractivity contribution in [1.29, 1.82) is 0 Å². The quantitative estimate of drug-likeness (QED) is 0.106. The number of sulfonamides is 1. The van der Waals surface area contributed by atoms with E-state index in [4.69, 9.17) is 20.7 Å². The van der Waals surface area contributed by atoms with Crippen molar-refractivity contribution in [2.75, 3.05) is 37.6 Å². The van der Waals surface area contributed by atoms with Crippen LogP contribution < -0.4 is 14.8 Å². The molecule has 1 aromatic heterocycles. The van der Waals surface area contributed by atoms with Crippen molar-refractivity contribution in [3.05, 3.63) is 83.7 Å². The number of anilines is 1. The number of benzene rings is 3. The predicted octanol–water partition coefficient (Wildman–Crippen LogP) is 4.00. The zero-order valence-electron chi connectivity index (χ0n) is 24.0. The van der Waals surface area contributed by atoms with Gasteiger partial charge in [-0.1, -0.05) is 43.3 Å². The lowest BCUT2D eigenvalue weighted by molar-refractivity contribution is 0.313. The van der Waals surface area contributed by atoms with E-state index >= 15 is 0 Å². The SMILES string of the molecule is CCN(CC)CCN(c1ccc2c(c1)nc(CCc1ccc(C(N)=NO)cc1)n2C)S(=O)(=O)c1ccc(OC)cc1. The second-order valence-corrected chi connectivity index (χ2v) is 11.6. The van der Waals surface area contributed by atoms with Crippen LogP contribution in [0.15, 0.2) is 76.8 Å². The molecule has 0 radical (unpaired) electrons. The Morgan fingerprint density at radius 3 is 2.29 bits per heavy atom. The molecule has 3 aromatic carbocycles. The maximum absolute atomic E-state index is 13.9. The molecule has 0 aliphatic carbocycles. The zero-order chi connectivity index (χ0) is 29.6. The standard InChI is InChI=1S/C30H38N6O4S/c1-5-35(6-2)19-20-36(41(38,39)26-15-13-25(40-4)14-16-26)24-12-17-28-27(21-24)32-29(34(28)3)18-9-22-7-10-23(11-8-22)30(31)33-37/h7-8,10-17,21,37H,5-6,9,18-20H2,1-4H3,(H2,31,33). The summed E-state index contributed by atoms with van der Waals surface area (Å²) in [6.45, 7) is 6.72. The van der Waals surface area contributed by atoms with Crippen LogP contribution in [0.4, 0.5) is 5.69 Å². The Morgan fingerprint density at radius 1 is 1.00 bits per heavy atom. The maximum Gasteiger partial charge on any atom is 0.264 e. The number of fused-ring (bicyclic) bond motifs is 1. The van der Waals surface area contributed by atoms with Gasteiger partial charge < -0.3 is 25.1 Å². The number of aromatic nitrogens is 2. The summed E-state index contributed by atoms with van der Waals surface area (Å²) in [7, 11) is -0.315. The fourth-order valence-electron chi connectivity index (χ4n) is 4.81. The number of methoxy groups -OCH3 is 1. The van der Waals surface area contributed by atoms with Crippen LogP contribution in [0.3, 0.4) is 0 Å². The predicted molar refractivity (Wildman–Crippen MR) is 162 cm³/mol. The lowest BCUT2D eigenvalue weighted by Gasteiger charge is -2.28. The van der Waals surface area contributed by atoms with Crippen molar-refractivity contribution in [3.63, 3.8) is 0 Å². The third-order valence-corrected chi connectivity index (χ3v) is 9.24. The number of oxime groups is 1. The Bertz CT molecular complexity index is 1590. The first-order valence-corrected chi connectivity index (χ1v) is 15.1. The third-order valence-electron chi connectivity index (χ3n) is 7.40. The normalized spacial score (nSPS) is 12.3. The average Bonchev–Trinajstić information content (AvgIpc) is 3.32. The Morgan fingerprint density at radius 2 is 1.68 bits per heavy atom. The molecular weight excluding hydrogens is 540 g/mol. The van der Waals surface area contributed by atoms with Crippen LogP contribution in [0.1, 0.15) is 30.8 Å². The number of amidine groups is 1. The van der Waals surface area contributed by atoms with Gasteiger partial charge >= 0.3 is 0 Å². The molecule has 4 rings (SSSR count). The van der Waals surface area contributed by atoms with E-state index in [1.54, 1.807) is 31.4 Å². The van der Waals surface area contributed by atoms with Gasteiger partial charge in [-0.15, -0.1) is 0 Å². The molecule has 4 aromatic rings. The Kier molecular flexibility index (Phi) is 9.51. The first kappa shape index (κ1) is 29.9. The minimum atomic E-state index is -3.84. The van der Waals surface area contributed by atoms with Crippen molar-refractivity contribution >= 4 is 32.6 Å². The smallest absolute Gasteiger partial charge is 0.264 e. The zero-order valence-corrected chi connectivity index (χ0v) is 24.8. The van der Waals surface area contributed by atoms with E-state index in [2.05, 4.69) is 23.9 Å². The highest BCUT2D eigenvalue weighted by Gasteiger charge is 2.26. The van der Waals surface area contributed by atoms with Gasteiger partial charge in [-0.25, -0.2) is 13.4 Å². The summed E-state index contributed by atoms with van der Waals surface area (Å²) in [6, 6.07) is 19.7. The summed E-state index contributed by atoms with van der Waals surface area (Å²) in [5.74, 6) is 1.56. The van der Waals surface area contributed by atoms with Crippen molar-refractivity contribution in [1.82, 2.24) is 14.5 Å². The molecule has 0 unspecified atom stereocenters. The van der Waals surface area contributed by atoms with Crippen LogP contribution >= 0.6 is 0 Å². The molecule has 0 spiro atoms. The summed E-state index contributed by atoms with van der Waals surface area (Å²) >= 11 is 0. The molecule has 0 amide bonds. The van der Waals surface area contributed by atoms with E-state index in [-0.39, 0.29) is 10.7 Å². The van der Waals surface area contributed by atoms with E-state index in [1.165, 1.54) is 4.31 Å². The molecule has 0 aliphatic rings. The number of imidazole rings is 1. The molecule has 0 bridgehead atoms. The monoisotopic (exact) mass is 578 g/mol. The van der Waals surface area contributed by atoms with Gasteiger partial charge in [0, 0.05) is 32.1 Å². The van der Waals surface area contributed by atoms with Crippen molar-refractivity contribution in [2.45, 2.75) is 31.6 Å². The summed E-state index contributed by atoms with van der Waals surface area (Å²) in [6.07, 6.45) is 1.45. The summed E-state index contributed by atoms with van der Waals surface area (Å²) in [5.41, 5.74) is 9.65. The Balaban J connectivity index is 1.63. The molecule has 0 atom stereocenters. The fourth-order valence-corrected chi connectivity index (χ4v) is 6.26. The molecule has 0 saturated heterocycles.